The Hall–Kier alpha value is -2.83. The van der Waals surface area contributed by atoms with Gasteiger partial charge < -0.3 is 15.2 Å². The van der Waals surface area contributed by atoms with Crippen LogP contribution in [0.1, 0.15) is 36.6 Å². The smallest absolute Gasteiger partial charge is 0.193 e. The van der Waals surface area contributed by atoms with E-state index in [1.54, 1.807) is 7.05 Å². The molecule has 0 fully saturated rings. The Labute approximate surface area is 165 Å². The normalized spacial score (nSPS) is 12.2. The van der Waals surface area contributed by atoms with Crippen LogP contribution in [0.4, 0.5) is 4.39 Å². The van der Waals surface area contributed by atoms with Crippen molar-refractivity contribution in [2.45, 2.75) is 32.7 Å². The van der Waals surface area contributed by atoms with Crippen LogP contribution in [0.25, 0.3) is 10.9 Å². The lowest BCUT2D eigenvalue weighted by Crippen LogP contribution is -2.39. The molecule has 7 heteroatoms. The minimum atomic E-state index is -0.225. The predicted octanol–water partition coefficient (Wildman–Crippen LogP) is 3.41. The number of nitrogens with zero attached hydrogens (tertiary/aromatic N) is 4. The second-order valence-electron chi connectivity index (χ2n) is 7.45. The van der Waals surface area contributed by atoms with E-state index in [0.717, 1.165) is 47.6 Å². The number of nitrogens with one attached hydrogen (secondary N) is 2. The quantitative estimate of drug-likeness (QED) is 0.506. The van der Waals surface area contributed by atoms with Gasteiger partial charge in [-0.2, -0.15) is 5.10 Å². The molecule has 1 aromatic carbocycles. The average Bonchev–Trinajstić information content (AvgIpc) is 3.21. The van der Waals surface area contributed by atoms with Crippen LogP contribution in [0.5, 0.6) is 0 Å². The molecule has 0 aliphatic carbocycles. The number of aromatic nitrogens is 3. The number of aliphatic imine (C=N–C) groups is 1. The minimum Gasteiger partial charge on any atom is -0.361 e. The third-order valence-corrected chi connectivity index (χ3v) is 4.87. The standard InChI is InChI=1S/C21H29FN6/c1-14(2)20-16(13-28(5)26-20)12-27(4)21(23-3)24-9-8-15-11-25-19-10-17(22)6-7-18(15)19/h6-7,10-11,13-14,25H,8-9,12H2,1-5H3,(H,23,24). The zero-order valence-electron chi connectivity index (χ0n) is 17.3. The SMILES string of the molecule is CN=C(NCCc1c[nH]c2cc(F)ccc12)N(C)Cc1cn(C)nc1C(C)C. The van der Waals surface area contributed by atoms with Crippen LogP contribution in [-0.4, -0.2) is 46.3 Å². The fourth-order valence-corrected chi connectivity index (χ4v) is 3.55. The maximum absolute atomic E-state index is 13.3. The van der Waals surface area contributed by atoms with Crippen LogP contribution in [0.2, 0.25) is 0 Å². The Balaban J connectivity index is 1.61. The second kappa shape index (κ2) is 8.46. The van der Waals surface area contributed by atoms with Gasteiger partial charge in [0, 0.05) is 63.1 Å². The van der Waals surface area contributed by atoms with Gasteiger partial charge in [0.15, 0.2) is 5.96 Å². The molecule has 0 aliphatic heterocycles. The van der Waals surface area contributed by atoms with Crippen molar-refractivity contribution in [1.82, 2.24) is 25.0 Å². The first kappa shape index (κ1) is 19.9. The maximum atomic E-state index is 13.3. The molecular formula is C21H29FN6. The molecule has 3 rings (SSSR count). The summed E-state index contributed by atoms with van der Waals surface area (Å²) < 4.78 is 15.2. The molecule has 3 aromatic rings. The number of hydrogen-bond acceptors (Lipinski definition) is 2. The van der Waals surface area contributed by atoms with Gasteiger partial charge in [-0.15, -0.1) is 0 Å². The number of fused-ring (bicyclic) bond motifs is 1. The van der Waals surface area contributed by atoms with Crippen LogP contribution in [-0.2, 0) is 20.0 Å². The fraction of sp³-hybridized carbons (Fsp3) is 0.429. The first-order chi connectivity index (χ1) is 13.4. The number of aryl methyl sites for hydroxylation is 1. The molecule has 6 nitrogen and oxygen atoms in total. The van der Waals surface area contributed by atoms with Crippen molar-refractivity contribution in [1.29, 1.82) is 0 Å². The molecule has 2 N–H and O–H groups in total. The highest BCUT2D eigenvalue weighted by Gasteiger charge is 2.15. The van der Waals surface area contributed by atoms with Crippen molar-refractivity contribution in [3.05, 3.63) is 53.2 Å². The summed E-state index contributed by atoms with van der Waals surface area (Å²) in [5.41, 5.74) is 4.32. The number of hydrogen-bond donors (Lipinski definition) is 2. The lowest BCUT2D eigenvalue weighted by molar-refractivity contribution is 0.474. The van der Waals surface area contributed by atoms with Gasteiger partial charge in [-0.05, 0) is 36.1 Å². The molecular weight excluding hydrogens is 355 g/mol. The van der Waals surface area contributed by atoms with Gasteiger partial charge in [0.05, 0.1) is 5.69 Å². The van der Waals surface area contributed by atoms with E-state index in [1.165, 1.54) is 17.7 Å². The molecule has 0 saturated carbocycles. The van der Waals surface area contributed by atoms with Gasteiger partial charge in [-0.3, -0.25) is 9.67 Å². The summed E-state index contributed by atoms with van der Waals surface area (Å²) in [7, 11) is 5.77. The van der Waals surface area contributed by atoms with E-state index in [1.807, 2.05) is 31.0 Å². The highest BCUT2D eigenvalue weighted by molar-refractivity contribution is 5.83. The summed E-state index contributed by atoms with van der Waals surface area (Å²) in [6.07, 6.45) is 4.84. The van der Waals surface area contributed by atoms with Crippen molar-refractivity contribution in [2.75, 3.05) is 20.6 Å². The van der Waals surface area contributed by atoms with Gasteiger partial charge in [0.2, 0.25) is 0 Å². The fourth-order valence-electron chi connectivity index (χ4n) is 3.55. The zero-order chi connectivity index (χ0) is 20.3. The largest absolute Gasteiger partial charge is 0.361 e. The Morgan fingerprint density at radius 1 is 1.36 bits per heavy atom. The van der Waals surface area contributed by atoms with Crippen molar-refractivity contribution in [2.24, 2.45) is 12.0 Å². The second-order valence-corrected chi connectivity index (χ2v) is 7.45. The van der Waals surface area contributed by atoms with E-state index in [0.29, 0.717) is 5.92 Å². The molecule has 0 radical (unpaired) electrons. The maximum Gasteiger partial charge on any atom is 0.193 e. The number of rotatable bonds is 6. The summed E-state index contributed by atoms with van der Waals surface area (Å²) in [6.45, 7) is 5.80. The molecule has 0 amide bonds. The minimum absolute atomic E-state index is 0.225. The van der Waals surface area contributed by atoms with Crippen molar-refractivity contribution in [3.63, 3.8) is 0 Å². The van der Waals surface area contributed by atoms with Crippen LogP contribution in [0.15, 0.2) is 35.6 Å². The number of halogens is 1. The van der Waals surface area contributed by atoms with Gasteiger partial charge in [-0.1, -0.05) is 13.8 Å². The van der Waals surface area contributed by atoms with E-state index in [4.69, 9.17) is 0 Å². The Kier molecular flexibility index (Phi) is 6.02. The Morgan fingerprint density at radius 3 is 2.86 bits per heavy atom. The lowest BCUT2D eigenvalue weighted by Gasteiger charge is -2.22. The molecule has 0 saturated heterocycles. The van der Waals surface area contributed by atoms with Crippen molar-refractivity contribution < 1.29 is 4.39 Å². The van der Waals surface area contributed by atoms with Gasteiger partial charge in [-0.25, -0.2) is 4.39 Å². The summed E-state index contributed by atoms with van der Waals surface area (Å²) in [5, 5.41) is 9.06. The van der Waals surface area contributed by atoms with Crippen LogP contribution in [0, 0.1) is 5.82 Å². The van der Waals surface area contributed by atoms with E-state index in [-0.39, 0.29) is 5.82 Å². The summed E-state index contributed by atoms with van der Waals surface area (Å²) in [6, 6.07) is 4.85. The van der Waals surface area contributed by atoms with Crippen LogP contribution < -0.4 is 5.32 Å². The third-order valence-electron chi connectivity index (χ3n) is 4.87. The number of H-pyrrole nitrogens is 1. The lowest BCUT2D eigenvalue weighted by atomic mass is 10.1. The molecule has 150 valence electrons. The van der Waals surface area contributed by atoms with E-state index >= 15 is 0 Å². The Morgan fingerprint density at radius 2 is 2.14 bits per heavy atom. The highest BCUT2D eigenvalue weighted by Crippen LogP contribution is 2.20. The average molecular weight is 385 g/mol. The molecule has 0 atom stereocenters. The molecule has 0 bridgehead atoms. The number of aromatic amines is 1. The first-order valence-electron chi connectivity index (χ1n) is 9.58. The van der Waals surface area contributed by atoms with Gasteiger partial charge >= 0.3 is 0 Å². The monoisotopic (exact) mass is 384 g/mol. The summed E-state index contributed by atoms with van der Waals surface area (Å²) in [4.78, 5) is 9.65. The van der Waals surface area contributed by atoms with Gasteiger partial charge in [0.25, 0.3) is 0 Å². The van der Waals surface area contributed by atoms with Crippen molar-refractivity contribution in [3.8, 4) is 0 Å². The van der Waals surface area contributed by atoms with Crippen molar-refractivity contribution >= 4 is 16.9 Å². The Bertz CT molecular complexity index is 969. The first-order valence-corrected chi connectivity index (χ1v) is 9.58. The molecule has 0 unspecified atom stereocenters. The van der Waals surface area contributed by atoms with Crippen LogP contribution in [0.3, 0.4) is 0 Å². The van der Waals surface area contributed by atoms with Gasteiger partial charge in [0.1, 0.15) is 5.82 Å². The number of guanidine groups is 1. The van der Waals surface area contributed by atoms with E-state index in [2.05, 4.69) is 45.3 Å². The molecule has 0 spiro atoms. The molecule has 0 aliphatic rings. The predicted molar refractivity (Wildman–Crippen MR) is 112 cm³/mol. The van der Waals surface area contributed by atoms with Crippen LogP contribution >= 0.6 is 0 Å². The number of benzene rings is 1. The summed E-state index contributed by atoms with van der Waals surface area (Å²) in [5.74, 6) is 0.993. The molecule has 28 heavy (non-hydrogen) atoms. The van der Waals surface area contributed by atoms with E-state index < -0.39 is 0 Å². The zero-order valence-corrected chi connectivity index (χ0v) is 17.3. The topological polar surface area (TPSA) is 61.2 Å². The molecule has 2 aromatic heterocycles. The summed E-state index contributed by atoms with van der Waals surface area (Å²) >= 11 is 0. The molecule has 2 heterocycles. The van der Waals surface area contributed by atoms with E-state index in [9.17, 15) is 4.39 Å². The highest BCUT2D eigenvalue weighted by atomic mass is 19.1. The third kappa shape index (κ3) is 4.35.